The van der Waals surface area contributed by atoms with E-state index in [1.54, 1.807) is 18.2 Å². The topological polar surface area (TPSA) is 46.2 Å². The van der Waals surface area contributed by atoms with Crippen LogP contribution in [0.5, 0.6) is 0 Å². The number of hydrogen-bond acceptors (Lipinski definition) is 3. The van der Waals surface area contributed by atoms with Crippen molar-refractivity contribution in [2.75, 3.05) is 25.1 Å². The Balaban J connectivity index is 2.81. The molecule has 18 heavy (non-hydrogen) atoms. The number of sulfone groups is 1. The minimum Gasteiger partial charge on any atom is -0.316 e. The van der Waals surface area contributed by atoms with E-state index < -0.39 is 9.84 Å². The minimum atomic E-state index is -3.02. The van der Waals surface area contributed by atoms with E-state index in [2.05, 4.69) is 5.32 Å². The van der Waals surface area contributed by atoms with Gasteiger partial charge in [-0.3, -0.25) is 0 Å². The number of nitrogens with one attached hydrogen (secondary N) is 1. The lowest BCUT2D eigenvalue weighted by atomic mass is 9.96. The van der Waals surface area contributed by atoms with Crippen LogP contribution in [0.4, 0.5) is 4.39 Å². The third-order valence-electron chi connectivity index (χ3n) is 2.82. The molecule has 1 N–H and O–H groups in total. The molecule has 3 nitrogen and oxygen atoms in total. The van der Waals surface area contributed by atoms with Gasteiger partial charge in [-0.1, -0.05) is 25.1 Å². The average Bonchev–Trinajstić information content (AvgIpc) is 2.29. The highest BCUT2D eigenvalue weighted by Gasteiger charge is 2.17. The molecule has 0 spiro atoms. The minimum absolute atomic E-state index is 0.0807. The van der Waals surface area contributed by atoms with Gasteiger partial charge < -0.3 is 5.32 Å². The van der Waals surface area contributed by atoms with Crippen LogP contribution in [0, 0.1) is 5.82 Å². The lowest BCUT2D eigenvalue weighted by molar-refractivity contribution is 0.532. The zero-order chi connectivity index (χ0) is 13.6. The normalized spacial score (nSPS) is 13.5. The van der Waals surface area contributed by atoms with Crippen molar-refractivity contribution in [3.63, 3.8) is 0 Å². The first-order chi connectivity index (χ1) is 8.44. The van der Waals surface area contributed by atoms with Crippen LogP contribution in [-0.4, -0.2) is 33.5 Å². The molecule has 0 heterocycles. The molecule has 0 aliphatic carbocycles. The van der Waals surface area contributed by atoms with Crippen molar-refractivity contribution < 1.29 is 12.8 Å². The number of halogens is 1. The Morgan fingerprint density at radius 3 is 2.56 bits per heavy atom. The Morgan fingerprint density at radius 2 is 2.00 bits per heavy atom. The second-order valence-electron chi connectivity index (χ2n) is 4.44. The Kier molecular flexibility index (Phi) is 5.75. The van der Waals surface area contributed by atoms with Gasteiger partial charge in [-0.15, -0.1) is 0 Å². The van der Waals surface area contributed by atoms with Crippen molar-refractivity contribution in [1.82, 2.24) is 5.32 Å². The fraction of sp³-hybridized carbons (Fsp3) is 0.538. The van der Waals surface area contributed by atoms with Gasteiger partial charge in [-0.2, -0.15) is 0 Å². The van der Waals surface area contributed by atoms with Crippen LogP contribution in [0.2, 0.25) is 0 Å². The van der Waals surface area contributed by atoms with Crippen molar-refractivity contribution in [3.05, 3.63) is 35.6 Å². The highest BCUT2D eigenvalue weighted by molar-refractivity contribution is 7.90. The van der Waals surface area contributed by atoms with Crippen LogP contribution in [0.25, 0.3) is 0 Å². The van der Waals surface area contributed by atoms with Crippen molar-refractivity contribution in [3.8, 4) is 0 Å². The van der Waals surface area contributed by atoms with E-state index >= 15 is 0 Å². The second-order valence-corrected chi connectivity index (χ2v) is 6.70. The van der Waals surface area contributed by atoms with Gasteiger partial charge >= 0.3 is 0 Å². The summed E-state index contributed by atoms with van der Waals surface area (Å²) in [6.45, 7) is 3.34. The van der Waals surface area contributed by atoms with Gasteiger partial charge in [-0.05, 0) is 24.6 Å². The van der Waals surface area contributed by atoms with E-state index in [0.717, 1.165) is 6.54 Å². The summed E-state index contributed by atoms with van der Waals surface area (Å²) in [5.74, 6) is -0.299. The van der Waals surface area contributed by atoms with Crippen molar-refractivity contribution in [2.45, 2.75) is 19.3 Å². The molecule has 0 aliphatic rings. The first kappa shape index (κ1) is 15.1. The molecule has 1 atom stereocenters. The van der Waals surface area contributed by atoms with Gasteiger partial charge in [0.2, 0.25) is 0 Å². The van der Waals surface area contributed by atoms with E-state index in [0.29, 0.717) is 18.5 Å². The number of hydrogen-bond donors (Lipinski definition) is 1. The summed E-state index contributed by atoms with van der Waals surface area (Å²) < 4.78 is 36.1. The molecule has 0 saturated heterocycles. The summed E-state index contributed by atoms with van der Waals surface area (Å²) in [6.07, 6.45) is 1.64. The number of rotatable bonds is 7. The number of benzene rings is 1. The summed E-state index contributed by atoms with van der Waals surface area (Å²) in [7, 11) is -3.02. The summed E-state index contributed by atoms with van der Waals surface area (Å²) >= 11 is 0. The van der Waals surface area contributed by atoms with Crippen molar-refractivity contribution >= 4 is 9.84 Å². The monoisotopic (exact) mass is 273 g/mol. The third kappa shape index (κ3) is 5.14. The van der Waals surface area contributed by atoms with Gasteiger partial charge in [-0.25, -0.2) is 12.8 Å². The molecule has 1 unspecified atom stereocenters. The molecule has 0 radical (unpaired) electrons. The lowest BCUT2D eigenvalue weighted by Crippen LogP contribution is -2.23. The van der Waals surface area contributed by atoms with Crippen LogP contribution < -0.4 is 5.32 Å². The maximum absolute atomic E-state index is 13.7. The number of likely N-dealkylation sites (N-methyl/N-ethyl adjacent to an activating group) is 1. The van der Waals surface area contributed by atoms with Crippen molar-refractivity contribution in [2.24, 2.45) is 0 Å². The van der Waals surface area contributed by atoms with Crippen molar-refractivity contribution in [1.29, 1.82) is 0 Å². The second kappa shape index (κ2) is 6.85. The fourth-order valence-corrected chi connectivity index (χ4v) is 2.56. The van der Waals surface area contributed by atoms with Gasteiger partial charge in [0.1, 0.15) is 15.7 Å². The van der Waals surface area contributed by atoms with Crippen LogP contribution in [0.15, 0.2) is 24.3 Å². The van der Waals surface area contributed by atoms with E-state index in [1.807, 2.05) is 6.92 Å². The molecule has 1 aromatic carbocycles. The van der Waals surface area contributed by atoms with Crippen LogP contribution in [0.3, 0.4) is 0 Å². The lowest BCUT2D eigenvalue weighted by Gasteiger charge is -2.18. The quantitative estimate of drug-likeness (QED) is 0.826. The molecule has 1 aromatic rings. The molecule has 5 heteroatoms. The largest absolute Gasteiger partial charge is 0.316 e. The molecule has 0 aromatic heterocycles. The molecule has 0 amide bonds. The smallest absolute Gasteiger partial charge is 0.147 e. The summed E-state index contributed by atoms with van der Waals surface area (Å²) in [5, 5.41) is 3.15. The Labute approximate surface area is 108 Å². The Morgan fingerprint density at radius 1 is 1.33 bits per heavy atom. The standard InChI is InChI=1S/C13H20FNO2S/c1-3-15-10-11(8-9-18(2,16)17)12-6-4-5-7-13(12)14/h4-7,11,15H,3,8-10H2,1-2H3. The maximum atomic E-state index is 13.7. The average molecular weight is 273 g/mol. The molecule has 0 aliphatic heterocycles. The highest BCUT2D eigenvalue weighted by Crippen LogP contribution is 2.22. The van der Waals surface area contributed by atoms with Gasteiger partial charge in [0, 0.05) is 18.7 Å². The van der Waals surface area contributed by atoms with Crippen LogP contribution in [-0.2, 0) is 9.84 Å². The Hall–Kier alpha value is -0.940. The van der Waals surface area contributed by atoms with Crippen LogP contribution in [0.1, 0.15) is 24.8 Å². The zero-order valence-corrected chi connectivity index (χ0v) is 11.6. The SMILES string of the molecule is CCNCC(CCS(C)(=O)=O)c1ccccc1F. The predicted molar refractivity (Wildman–Crippen MR) is 72.0 cm³/mol. The molecule has 0 saturated carbocycles. The molecule has 0 fully saturated rings. The zero-order valence-electron chi connectivity index (χ0n) is 10.8. The summed E-state index contributed by atoms with van der Waals surface area (Å²) in [6, 6.07) is 6.55. The molecule has 0 bridgehead atoms. The maximum Gasteiger partial charge on any atom is 0.147 e. The summed E-state index contributed by atoms with van der Waals surface area (Å²) in [4.78, 5) is 0. The van der Waals surface area contributed by atoms with Gasteiger partial charge in [0.15, 0.2) is 0 Å². The third-order valence-corrected chi connectivity index (χ3v) is 3.80. The van der Waals surface area contributed by atoms with Crippen LogP contribution >= 0.6 is 0 Å². The van der Waals surface area contributed by atoms with E-state index in [-0.39, 0.29) is 17.5 Å². The highest BCUT2D eigenvalue weighted by atomic mass is 32.2. The fourth-order valence-electron chi connectivity index (χ4n) is 1.85. The summed E-state index contributed by atoms with van der Waals surface area (Å²) in [5.41, 5.74) is 0.585. The first-order valence-electron chi connectivity index (χ1n) is 6.07. The van der Waals surface area contributed by atoms with Gasteiger partial charge in [0.25, 0.3) is 0 Å². The predicted octanol–water partition coefficient (Wildman–Crippen LogP) is 1.95. The molecule has 1 rings (SSSR count). The van der Waals surface area contributed by atoms with E-state index in [9.17, 15) is 12.8 Å². The van der Waals surface area contributed by atoms with E-state index in [4.69, 9.17) is 0 Å². The molecule has 102 valence electrons. The molecular weight excluding hydrogens is 253 g/mol. The van der Waals surface area contributed by atoms with E-state index in [1.165, 1.54) is 12.3 Å². The van der Waals surface area contributed by atoms with Gasteiger partial charge in [0.05, 0.1) is 5.75 Å². The first-order valence-corrected chi connectivity index (χ1v) is 8.13. The Bertz CT molecular complexity index is 474. The molecular formula is C13H20FNO2S.